The Morgan fingerprint density at radius 2 is 1.50 bits per heavy atom. The number of rotatable bonds is 13. The van der Waals surface area contributed by atoms with E-state index in [0.717, 1.165) is 59.2 Å². The number of hydrogen-bond acceptors (Lipinski definition) is 6. The van der Waals surface area contributed by atoms with Gasteiger partial charge in [0.1, 0.15) is 12.6 Å². The largest absolute Gasteiger partial charge is 0.352 e. The van der Waals surface area contributed by atoms with Crippen LogP contribution in [0.5, 0.6) is 0 Å². The van der Waals surface area contributed by atoms with E-state index < -0.39 is 33.4 Å². The molecule has 10 nitrogen and oxygen atoms in total. The maximum atomic E-state index is 14.6. The zero-order valence-corrected chi connectivity index (χ0v) is 27.7. The molecule has 0 spiro atoms. The van der Waals surface area contributed by atoms with Gasteiger partial charge in [0, 0.05) is 31.1 Å². The van der Waals surface area contributed by atoms with Gasteiger partial charge in [0.25, 0.3) is 15.7 Å². The zero-order chi connectivity index (χ0) is 34.1. The quantitative estimate of drug-likeness (QED) is 0.134. The van der Waals surface area contributed by atoms with Crippen LogP contribution in [0.1, 0.15) is 48.8 Å². The Balaban J connectivity index is 1.57. The number of nitrogens with one attached hydrogen (secondary N) is 1. The molecular formula is C37H40N4O6S. The zero-order valence-electron chi connectivity index (χ0n) is 26.9. The van der Waals surface area contributed by atoms with E-state index in [9.17, 15) is 28.1 Å². The van der Waals surface area contributed by atoms with Crippen molar-refractivity contribution in [3.8, 4) is 0 Å². The van der Waals surface area contributed by atoms with Gasteiger partial charge in [0.05, 0.1) is 15.5 Å². The summed E-state index contributed by atoms with van der Waals surface area (Å²) in [7, 11) is -4.37. The number of carbonyl (C=O) groups is 2. The molecule has 1 saturated carbocycles. The average molecular weight is 669 g/mol. The fraction of sp³-hybridized carbons (Fsp3) is 0.297. The van der Waals surface area contributed by atoms with Crippen LogP contribution in [-0.4, -0.2) is 48.7 Å². The number of hydrogen-bond donors (Lipinski definition) is 1. The lowest BCUT2D eigenvalue weighted by atomic mass is 9.94. The molecule has 1 atom stereocenters. The van der Waals surface area contributed by atoms with Gasteiger partial charge in [-0.2, -0.15) is 0 Å². The highest BCUT2D eigenvalue weighted by Gasteiger charge is 2.35. The highest BCUT2D eigenvalue weighted by molar-refractivity contribution is 7.92. The Kier molecular flexibility index (Phi) is 11.2. The summed E-state index contributed by atoms with van der Waals surface area (Å²) in [6.45, 7) is 1.31. The number of nitro benzene ring substituents is 1. The van der Waals surface area contributed by atoms with Crippen LogP contribution < -0.4 is 9.62 Å². The molecule has 1 aliphatic rings. The van der Waals surface area contributed by atoms with Gasteiger partial charge in [-0.1, -0.05) is 104 Å². The van der Waals surface area contributed by atoms with E-state index in [1.54, 1.807) is 18.2 Å². The Hall–Kier alpha value is -5.03. The lowest BCUT2D eigenvalue weighted by molar-refractivity contribution is -0.384. The number of aryl methyl sites for hydroxylation is 1. The van der Waals surface area contributed by atoms with E-state index >= 15 is 0 Å². The van der Waals surface area contributed by atoms with Crippen molar-refractivity contribution in [2.75, 3.05) is 10.8 Å². The first-order chi connectivity index (χ1) is 23.1. The molecule has 1 aliphatic carbocycles. The summed E-state index contributed by atoms with van der Waals surface area (Å²) >= 11 is 0. The summed E-state index contributed by atoms with van der Waals surface area (Å²) in [5, 5.41) is 14.9. The van der Waals surface area contributed by atoms with Crippen LogP contribution >= 0.6 is 0 Å². The summed E-state index contributed by atoms with van der Waals surface area (Å²) in [4.78, 5) is 41.2. The minimum absolute atomic E-state index is 0.0133. The van der Waals surface area contributed by atoms with Crippen LogP contribution in [0.4, 0.5) is 11.4 Å². The fourth-order valence-corrected chi connectivity index (χ4v) is 7.43. The Morgan fingerprint density at radius 3 is 2.15 bits per heavy atom. The smallest absolute Gasteiger partial charge is 0.271 e. The van der Waals surface area contributed by atoms with Crippen molar-refractivity contribution >= 4 is 33.2 Å². The van der Waals surface area contributed by atoms with E-state index in [-0.39, 0.29) is 41.2 Å². The second-order valence-electron chi connectivity index (χ2n) is 12.2. The number of sulfonamides is 1. The van der Waals surface area contributed by atoms with Gasteiger partial charge in [0.2, 0.25) is 11.8 Å². The molecule has 5 rings (SSSR count). The standard InChI is InChI=1S/C37H40N4O6S/c1-28-20-22-30(23-21-28)26-39(35(24-29-12-5-2-6-13-29)37(43)38-31-14-7-3-8-15-31)36(42)27-40(32-16-11-17-33(25-32)41(44)45)48(46,47)34-18-9-4-10-19-34/h2,4-6,9-13,16-23,25,31,35H,3,7-8,14-15,24,26-27H2,1H3,(H,38,43)/t35-/m0/s1. The summed E-state index contributed by atoms with van der Waals surface area (Å²) in [6, 6.07) is 28.8. The van der Waals surface area contributed by atoms with Crippen LogP contribution in [0.15, 0.2) is 114 Å². The monoisotopic (exact) mass is 668 g/mol. The van der Waals surface area contributed by atoms with Gasteiger partial charge in [-0.3, -0.25) is 24.0 Å². The number of non-ortho nitro benzene ring substituents is 1. The van der Waals surface area contributed by atoms with Crippen LogP contribution in [0.3, 0.4) is 0 Å². The topological polar surface area (TPSA) is 130 Å². The molecule has 2 amide bonds. The summed E-state index contributed by atoms with van der Waals surface area (Å²) in [6.07, 6.45) is 5.04. The number of benzene rings is 4. The number of anilines is 1. The third-order valence-corrected chi connectivity index (χ3v) is 10.4. The van der Waals surface area contributed by atoms with Crippen LogP contribution in [0.2, 0.25) is 0 Å². The summed E-state index contributed by atoms with van der Waals surface area (Å²) in [5.74, 6) is -0.930. The molecule has 1 fully saturated rings. The van der Waals surface area contributed by atoms with Gasteiger partial charge in [-0.15, -0.1) is 0 Å². The third kappa shape index (κ3) is 8.65. The minimum Gasteiger partial charge on any atom is -0.352 e. The second kappa shape index (κ2) is 15.7. The van der Waals surface area contributed by atoms with E-state index in [1.165, 1.54) is 35.2 Å². The molecule has 0 aliphatic heterocycles. The van der Waals surface area contributed by atoms with Gasteiger partial charge >= 0.3 is 0 Å². The van der Waals surface area contributed by atoms with Gasteiger partial charge in [-0.25, -0.2) is 8.42 Å². The number of nitrogens with zero attached hydrogens (tertiary/aromatic N) is 3. The Labute approximate surface area is 281 Å². The molecule has 0 bridgehead atoms. The first kappa shape index (κ1) is 34.3. The highest BCUT2D eigenvalue weighted by atomic mass is 32.2. The van der Waals surface area contributed by atoms with Crippen molar-refractivity contribution in [1.29, 1.82) is 0 Å². The lowest BCUT2D eigenvalue weighted by Gasteiger charge is -2.35. The molecule has 1 N–H and O–H groups in total. The highest BCUT2D eigenvalue weighted by Crippen LogP contribution is 2.28. The van der Waals surface area contributed by atoms with Crippen LogP contribution in [0, 0.1) is 17.0 Å². The first-order valence-corrected chi connectivity index (χ1v) is 17.6. The Morgan fingerprint density at radius 1 is 0.854 bits per heavy atom. The van der Waals surface area contributed by atoms with E-state index in [0.29, 0.717) is 0 Å². The minimum atomic E-state index is -4.37. The summed E-state index contributed by atoms with van der Waals surface area (Å²) in [5.41, 5.74) is 2.28. The molecule has 0 heterocycles. The third-order valence-electron chi connectivity index (χ3n) is 8.63. The molecule has 48 heavy (non-hydrogen) atoms. The maximum Gasteiger partial charge on any atom is 0.271 e. The van der Waals surface area contributed by atoms with Crippen molar-refractivity contribution in [3.63, 3.8) is 0 Å². The van der Waals surface area contributed by atoms with Crippen molar-refractivity contribution in [2.45, 2.75) is 69.0 Å². The normalized spacial score (nSPS) is 14.1. The van der Waals surface area contributed by atoms with Gasteiger partial charge in [0.15, 0.2) is 0 Å². The molecule has 4 aromatic rings. The molecule has 250 valence electrons. The van der Waals surface area contributed by atoms with Crippen molar-refractivity contribution < 1.29 is 22.9 Å². The van der Waals surface area contributed by atoms with E-state index in [4.69, 9.17) is 0 Å². The van der Waals surface area contributed by atoms with Crippen LogP contribution in [0.25, 0.3) is 0 Å². The van der Waals surface area contributed by atoms with Crippen molar-refractivity contribution in [1.82, 2.24) is 10.2 Å². The predicted octanol–water partition coefficient (Wildman–Crippen LogP) is 6.19. The average Bonchev–Trinajstić information content (AvgIpc) is 3.10. The molecule has 0 aromatic heterocycles. The maximum absolute atomic E-state index is 14.6. The van der Waals surface area contributed by atoms with E-state index in [1.807, 2.05) is 61.5 Å². The number of nitro groups is 1. The van der Waals surface area contributed by atoms with Gasteiger partial charge in [-0.05, 0) is 49.1 Å². The molecule has 0 unspecified atom stereocenters. The molecule has 0 radical (unpaired) electrons. The number of carbonyl (C=O) groups excluding carboxylic acids is 2. The van der Waals surface area contributed by atoms with Crippen molar-refractivity contribution in [3.05, 3.63) is 136 Å². The molecule has 4 aromatic carbocycles. The Bertz CT molecular complexity index is 1810. The van der Waals surface area contributed by atoms with Gasteiger partial charge < -0.3 is 10.2 Å². The first-order valence-electron chi connectivity index (χ1n) is 16.1. The second-order valence-corrected chi connectivity index (χ2v) is 14.0. The molecule has 11 heteroatoms. The summed E-state index contributed by atoms with van der Waals surface area (Å²) < 4.78 is 29.1. The SMILES string of the molecule is Cc1ccc(CN(C(=O)CN(c2cccc([N+](=O)[O-])c2)S(=O)(=O)c2ccccc2)[C@@H](Cc2ccccc2)C(=O)NC2CCCCC2)cc1. The predicted molar refractivity (Wildman–Crippen MR) is 185 cm³/mol. The van der Waals surface area contributed by atoms with Crippen LogP contribution in [-0.2, 0) is 32.6 Å². The lowest BCUT2D eigenvalue weighted by Crippen LogP contribution is -2.55. The fourth-order valence-electron chi connectivity index (χ4n) is 6.00. The van der Waals surface area contributed by atoms with Crippen molar-refractivity contribution in [2.24, 2.45) is 0 Å². The van der Waals surface area contributed by atoms with E-state index in [2.05, 4.69) is 5.32 Å². The molecular weight excluding hydrogens is 628 g/mol. The molecule has 0 saturated heterocycles. The number of amides is 2.